The molecule has 0 aromatic heterocycles. The maximum Gasteiger partial charge on any atom is 0.261 e. The lowest BCUT2D eigenvalue weighted by Gasteiger charge is -2.27. The number of hydrogen-bond donors (Lipinski definition) is 1. The van der Waals surface area contributed by atoms with Gasteiger partial charge < -0.3 is 9.64 Å². The van der Waals surface area contributed by atoms with Crippen molar-refractivity contribution < 1.29 is 17.9 Å². The van der Waals surface area contributed by atoms with Crippen LogP contribution in [0.2, 0.25) is 5.02 Å². The highest BCUT2D eigenvalue weighted by molar-refractivity contribution is 7.92. The van der Waals surface area contributed by atoms with Gasteiger partial charge in [0.15, 0.2) is 0 Å². The highest BCUT2D eigenvalue weighted by Crippen LogP contribution is 2.38. The van der Waals surface area contributed by atoms with Gasteiger partial charge in [-0.1, -0.05) is 24.6 Å². The van der Waals surface area contributed by atoms with Gasteiger partial charge in [-0.3, -0.25) is 9.52 Å². The zero-order chi connectivity index (χ0) is 21.4. The van der Waals surface area contributed by atoms with Gasteiger partial charge in [-0.25, -0.2) is 8.42 Å². The number of amides is 1. The summed E-state index contributed by atoms with van der Waals surface area (Å²) < 4.78 is 33.9. The number of halogens is 1. The van der Waals surface area contributed by atoms with E-state index in [1.165, 1.54) is 12.1 Å². The van der Waals surface area contributed by atoms with Crippen molar-refractivity contribution in [3.63, 3.8) is 0 Å². The Morgan fingerprint density at radius 3 is 2.59 bits per heavy atom. The van der Waals surface area contributed by atoms with Gasteiger partial charge in [-0.05, 0) is 57.0 Å². The van der Waals surface area contributed by atoms with Crippen LogP contribution < -0.4 is 14.4 Å². The largest absolute Gasteiger partial charge is 0.490 e. The Hall–Kier alpha value is -2.25. The SMILES string of the molecule is CCCN1C(=O)C(C)(C)COc2cc(NS(=O)(=O)c3ccc(C)c(Cl)c3)ccc21. The summed E-state index contributed by atoms with van der Waals surface area (Å²) in [6.07, 6.45) is 0.795. The van der Waals surface area contributed by atoms with Gasteiger partial charge in [0.25, 0.3) is 10.0 Å². The second-order valence-electron chi connectivity index (χ2n) is 7.83. The first-order chi connectivity index (χ1) is 13.5. The van der Waals surface area contributed by atoms with E-state index >= 15 is 0 Å². The summed E-state index contributed by atoms with van der Waals surface area (Å²) in [6, 6.07) is 9.54. The minimum absolute atomic E-state index is 0.0132. The predicted octanol–water partition coefficient (Wildman–Crippen LogP) is 4.61. The molecule has 0 atom stereocenters. The van der Waals surface area contributed by atoms with Crippen LogP contribution in [0.3, 0.4) is 0 Å². The molecule has 1 amide bonds. The summed E-state index contributed by atoms with van der Waals surface area (Å²) in [5.74, 6) is 0.459. The van der Waals surface area contributed by atoms with Gasteiger partial charge >= 0.3 is 0 Å². The molecule has 8 heteroatoms. The Morgan fingerprint density at radius 1 is 1.21 bits per heavy atom. The number of benzene rings is 2. The summed E-state index contributed by atoms with van der Waals surface area (Å²) in [4.78, 5) is 14.7. The number of anilines is 2. The van der Waals surface area contributed by atoms with Crippen molar-refractivity contribution in [1.82, 2.24) is 0 Å². The molecule has 0 saturated heterocycles. The van der Waals surface area contributed by atoms with Crippen LogP contribution in [0.4, 0.5) is 11.4 Å². The van der Waals surface area contributed by atoms with E-state index in [9.17, 15) is 13.2 Å². The van der Waals surface area contributed by atoms with Crippen LogP contribution in [0.5, 0.6) is 5.75 Å². The zero-order valence-electron chi connectivity index (χ0n) is 17.0. The Bertz CT molecular complexity index is 1050. The van der Waals surface area contributed by atoms with Gasteiger partial charge in [0, 0.05) is 17.6 Å². The number of carbonyl (C=O) groups is 1. The third-order valence-electron chi connectivity index (χ3n) is 4.82. The molecule has 1 aliphatic rings. The summed E-state index contributed by atoms with van der Waals surface area (Å²) in [5.41, 5.74) is 1.12. The number of ether oxygens (including phenoxy) is 1. The normalized spacial score (nSPS) is 16.0. The Balaban J connectivity index is 1.95. The molecule has 0 bridgehead atoms. The second-order valence-corrected chi connectivity index (χ2v) is 9.92. The molecule has 6 nitrogen and oxygen atoms in total. The van der Waals surface area contributed by atoms with E-state index in [1.807, 2.05) is 20.8 Å². The molecular formula is C21H25ClN2O4S. The smallest absolute Gasteiger partial charge is 0.261 e. The Kier molecular flexibility index (Phi) is 5.83. The number of fused-ring (bicyclic) bond motifs is 1. The van der Waals surface area contributed by atoms with E-state index in [0.717, 1.165) is 12.0 Å². The second kappa shape index (κ2) is 7.88. The van der Waals surface area contributed by atoms with Crippen LogP contribution in [0.15, 0.2) is 41.3 Å². The van der Waals surface area contributed by atoms with E-state index in [1.54, 1.807) is 36.1 Å². The molecule has 156 valence electrons. The molecule has 0 spiro atoms. The highest BCUT2D eigenvalue weighted by Gasteiger charge is 2.37. The quantitative estimate of drug-likeness (QED) is 0.742. The molecule has 1 N–H and O–H groups in total. The van der Waals surface area contributed by atoms with Crippen molar-refractivity contribution in [3.8, 4) is 5.75 Å². The summed E-state index contributed by atoms with van der Waals surface area (Å²) in [7, 11) is -3.82. The van der Waals surface area contributed by atoms with Crippen molar-refractivity contribution in [1.29, 1.82) is 0 Å². The molecular weight excluding hydrogens is 412 g/mol. The van der Waals surface area contributed by atoms with Crippen LogP contribution in [-0.2, 0) is 14.8 Å². The highest BCUT2D eigenvalue weighted by atomic mass is 35.5. The number of carbonyl (C=O) groups excluding carboxylic acids is 1. The first-order valence-corrected chi connectivity index (χ1v) is 11.3. The zero-order valence-corrected chi connectivity index (χ0v) is 18.5. The maximum atomic E-state index is 12.9. The fourth-order valence-electron chi connectivity index (χ4n) is 3.11. The minimum atomic E-state index is -3.82. The third-order valence-corrected chi connectivity index (χ3v) is 6.60. The lowest BCUT2D eigenvalue weighted by molar-refractivity contribution is -0.127. The Morgan fingerprint density at radius 2 is 1.93 bits per heavy atom. The number of sulfonamides is 1. The molecule has 1 heterocycles. The van der Waals surface area contributed by atoms with Crippen molar-refractivity contribution in [2.24, 2.45) is 5.41 Å². The molecule has 3 rings (SSSR count). The standard InChI is InChI=1S/C21H25ClN2O4S/c1-5-10-24-18-9-7-15(11-19(18)28-13-21(3,4)20(24)25)23-29(26,27)16-8-6-14(2)17(22)12-16/h6-9,11-12,23H,5,10,13H2,1-4H3. The number of rotatable bonds is 5. The molecule has 1 aliphatic heterocycles. The fourth-order valence-corrected chi connectivity index (χ4v) is 4.43. The van der Waals surface area contributed by atoms with Gasteiger partial charge in [0.2, 0.25) is 5.91 Å². The van der Waals surface area contributed by atoms with Crippen LogP contribution in [-0.4, -0.2) is 27.5 Å². The van der Waals surface area contributed by atoms with Gasteiger partial charge in [-0.2, -0.15) is 0 Å². The average molecular weight is 437 g/mol. The van der Waals surface area contributed by atoms with Gasteiger partial charge in [0.1, 0.15) is 12.4 Å². The topological polar surface area (TPSA) is 75.7 Å². The first-order valence-electron chi connectivity index (χ1n) is 9.43. The lowest BCUT2D eigenvalue weighted by Crippen LogP contribution is -2.42. The number of nitrogens with zero attached hydrogens (tertiary/aromatic N) is 1. The van der Waals surface area contributed by atoms with Crippen LogP contribution in [0.25, 0.3) is 0 Å². The van der Waals surface area contributed by atoms with Crippen molar-refractivity contribution in [2.45, 2.75) is 39.0 Å². The van der Waals surface area contributed by atoms with Crippen molar-refractivity contribution in [2.75, 3.05) is 22.8 Å². The van der Waals surface area contributed by atoms with Crippen molar-refractivity contribution >= 4 is 38.9 Å². The van der Waals surface area contributed by atoms with E-state index in [4.69, 9.17) is 16.3 Å². The molecule has 2 aromatic carbocycles. The van der Waals surface area contributed by atoms with Crippen LogP contribution in [0, 0.1) is 12.3 Å². The van der Waals surface area contributed by atoms with Crippen molar-refractivity contribution in [3.05, 3.63) is 47.0 Å². The third kappa shape index (κ3) is 4.36. The molecule has 0 aliphatic carbocycles. The molecule has 0 saturated carbocycles. The first kappa shape index (κ1) is 21.5. The van der Waals surface area contributed by atoms with Crippen LogP contribution >= 0.6 is 11.6 Å². The number of hydrogen-bond acceptors (Lipinski definition) is 4. The predicted molar refractivity (Wildman–Crippen MR) is 115 cm³/mol. The lowest BCUT2D eigenvalue weighted by atomic mass is 9.93. The summed E-state index contributed by atoms with van der Waals surface area (Å²) >= 11 is 6.07. The van der Waals surface area contributed by atoms with Gasteiger partial charge in [-0.15, -0.1) is 0 Å². The van der Waals surface area contributed by atoms with E-state index in [0.29, 0.717) is 28.7 Å². The molecule has 0 fully saturated rings. The van der Waals surface area contributed by atoms with Crippen LogP contribution in [0.1, 0.15) is 32.8 Å². The number of aryl methyl sites for hydroxylation is 1. The molecule has 29 heavy (non-hydrogen) atoms. The maximum absolute atomic E-state index is 12.9. The minimum Gasteiger partial charge on any atom is -0.490 e. The molecule has 0 radical (unpaired) electrons. The van der Waals surface area contributed by atoms with E-state index in [2.05, 4.69) is 4.72 Å². The molecule has 2 aromatic rings. The average Bonchev–Trinajstić information content (AvgIpc) is 2.74. The monoisotopic (exact) mass is 436 g/mol. The fraction of sp³-hybridized carbons (Fsp3) is 0.381. The summed E-state index contributed by atoms with van der Waals surface area (Å²) in [6.45, 7) is 8.26. The summed E-state index contributed by atoms with van der Waals surface area (Å²) in [5, 5.41) is 0.383. The molecule has 0 unspecified atom stereocenters. The number of nitrogens with one attached hydrogen (secondary N) is 1. The van der Waals surface area contributed by atoms with E-state index in [-0.39, 0.29) is 17.4 Å². The van der Waals surface area contributed by atoms with E-state index < -0.39 is 15.4 Å². The Labute approximate surface area is 176 Å². The van der Waals surface area contributed by atoms with Gasteiger partial charge in [0.05, 0.1) is 21.7 Å².